The molecule has 0 aromatic rings. The van der Waals surface area contributed by atoms with Crippen LogP contribution in [0.1, 0.15) is 91.9 Å². The molecule has 0 atom stereocenters. The van der Waals surface area contributed by atoms with Crippen molar-refractivity contribution in [3.63, 3.8) is 0 Å². The molecule has 0 radical (unpaired) electrons. The normalized spacial score (nSPS) is 16.8. The van der Waals surface area contributed by atoms with Crippen LogP contribution in [-0.4, -0.2) is 18.7 Å². The number of allylic oxidation sites excluding steroid dienone is 5. The maximum absolute atomic E-state index is 11.9. The number of carbonyl (C=O) groups is 1. The van der Waals surface area contributed by atoms with Crippen molar-refractivity contribution in [2.45, 2.75) is 97.9 Å². The van der Waals surface area contributed by atoms with Gasteiger partial charge in [-0.25, -0.2) is 4.79 Å². The molecule has 1 rings (SSSR count). The third-order valence-corrected chi connectivity index (χ3v) is 4.95. The fourth-order valence-electron chi connectivity index (χ4n) is 3.23. The Morgan fingerprint density at radius 2 is 1.46 bits per heavy atom. The minimum Gasteiger partial charge on any atom is -0.445 e. The second-order valence-corrected chi connectivity index (χ2v) is 7.89. The Kier molecular flexibility index (Phi) is 11.8. The first-order valence-corrected chi connectivity index (χ1v) is 10.3. The number of carbonyl (C=O) groups excluding carboxylic acids is 1. The van der Waals surface area contributed by atoms with Gasteiger partial charge in [0.05, 0.1) is 0 Å². The van der Waals surface area contributed by atoms with Gasteiger partial charge in [-0.3, -0.25) is 0 Å². The van der Waals surface area contributed by atoms with Crippen molar-refractivity contribution in [2.75, 3.05) is 6.61 Å². The number of rotatable bonds is 9. The van der Waals surface area contributed by atoms with Crippen LogP contribution in [0, 0.1) is 0 Å². The molecule has 1 saturated carbocycles. The highest BCUT2D eigenvalue weighted by Gasteiger charge is 2.14. The van der Waals surface area contributed by atoms with E-state index in [1.165, 1.54) is 42.4 Å². The van der Waals surface area contributed by atoms with E-state index in [0.717, 1.165) is 38.5 Å². The molecular formula is C23H39NO2. The molecule has 0 unspecified atom stereocenters. The third-order valence-electron chi connectivity index (χ3n) is 4.95. The van der Waals surface area contributed by atoms with E-state index in [9.17, 15) is 4.79 Å². The molecule has 0 aromatic heterocycles. The molecule has 1 fully saturated rings. The zero-order chi connectivity index (χ0) is 19.2. The third kappa shape index (κ3) is 11.9. The van der Waals surface area contributed by atoms with Crippen molar-refractivity contribution in [3.05, 3.63) is 34.9 Å². The lowest BCUT2D eigenvalue weighted by Crippen LogP contribution is -2.34. The second-order valence-electron chi connectivity index (χ2n) is 7.89. The van der Waals surface area contributed by atoms with Crippen LogP contribution in [0.25, 0.3) is 0 Å². The summed E-state index contributed by atoms with van der Waals surface area (Å²) >= 11 is 0. The molecule has 3 heteroatoms. The minimum atomic E-state index is -0.268. The smallest absolute Gasteiger partial charge is 0.407 e. The molecule has 0 saturated heterocycles. The molecule has 1 N–H and O–H groups in total. The number of ether oxygens (including phenoxy) is 1. The summed E-state index contributed by atoms with van der Waals surface area (Å²) in [5.41, 5.74) is 4.12. The fraction of sp³-hybridized carbons (Fsp3) is 0.696. The fourth-order valence-corrected chi connectivity index (χ4v) is 3.23. The van der Waals surface area contributed by atoms with E-state index in [1.807, 2.05) is 6.08 Å². The monoisotopic (exact) mass is 361 g/mol. The average molecular weight is 362 g/mol. The number of amides is 1. The first kappa shape index (κ1) is 22.5. The Morgan fingerprint density at radius 3 is 2.08 bits per heavy atom. The summed E-state index contributed by atoms with van der Waals surface area (Å²) in [7, 11) is 0. The van der Waals surface area contributed by atoms with Crippen molar-refractivity contribution in [3.8, 4) is 0 Å². The lowest BCUT2D eigenvalue weighted by Gasteiger charge is -2.15. The van der Waals surface area contributed by atoms with Crippen molar-refractivity contribution in [1.82, 2.24) is 5.32 Å². The standard InChI is InChI=1S/C23H39NO2/c1-19(2)11-9-12-20(3)13-10-14-21(4)17-18-26-23(25)24-22-15-7-5-6-8-16-22/h11,13,17,22H,5-10,12,14-16,18H2,1-4H3,(H,24,25)/b20-13+,21-17+. The summed E-state index contributed by atoms with van der Waals surface area (Å²) in [4.78, 5) is 11.9. The minimum absolute atomic E-state index is 0.268. The maximum Gasteiger partial charge on any atom is 0.407 e. The molecule has 0 aromatic carbocycles. The molecule has 1 amide bonds. The Labute approximate surface area is 161 Å². The quantitative estimate of drug-likeness (QED) is 0.360. The Morgan fingerprint density at radius 1 is 0.885 bits per heavy atom. The average Bonchev–Trinajstić information content (AvgIpc) is 2.83. The van der Waals surface area contributed by atoms with Crippen LogP contribution < -0.4 is 5.32 Å². The topological polar surface area (TPSA) is 38.3 Å². The van der Waals surface area contributed by atoms with Crippen LogP contribution in [0.5, 0.6) is 0 Å². The van der Waals surface area contributed by atoms with Crippen LogP contribution in [-0.2, 0) is 4.74 Å². The van der Waals surface area contributed by atoms with E-state index in [2.05, 4.69) is 45.2 Å². The van der Waals surface area contributed by atoms with E-state index in [0.29, 0.717) is 12.6 Å². The maximum atomic E-state index is 11.9. The Bertz CT molecular complexity index is 490. The number of nitrogens with one attached hydrogen (secondary N) is 1. The van der Waals surface area contributed by atoms with Crippen molar-refractivity contribution < 1.29 is 9.53 Å². The zero-order valence-corrected chi connectivity index (χ0v) is 17.4. The van der Waals surface area contributed by atoms with E-state index in [4.69, 9.17) is 4.74 Å². The summed E-state index contributed by atoms with van der Waals surface area (Å²) in [5, 5.41) is 3.01. The van der Waals surface area contributed by atoms with Gasteiger partial charge in [-0.15, -0.1) is 0 Å². The van der Waals surface area contributed by atoms with Gasteiger partial charge >= 0.3 is 6.09 Å². The van der Waals surface area contributed by atoms with Crippen molar-refractivity contribution in [1.29, 1.82) is 0 Å². The SMILES string of the molecule is CC(C)=CCC/C(C)=C/CC/C(C)=C/COC(=O)NC1CCCCCC1. The lowest BCUT2D eigenvalue weighted by atomic mass is 10.1. The van der Waals surface area contributed by atoms with Gasteiger partial charge in [0, 0.05) is 6.04 Å². The first-order valence-electron chi connectivity index (χ1n) is 10.3. The molecule has 148 valence electrons. The predicted molar refractivity (Wildman–Crippen MR) is 111 cm³/mol. The summed E-state index contributed by atoms with van der Waals surface area (Å²) in [6.45, 7) is 8.98. The number of alkyl carbamates (subject to hydrolysis) is 1. The molecule has 0 bridgehead atoms. The molecule has 1 aliphatic rings. The van der Waals surface area contributed by atoms with E-state index in [1.54, 1.807) is 0 Å². The highest BCUT2D eigenvalue weighted by molar-refractivity contribution is 5.67. The van der Waals surface area contributed by atoms with E-state index >= 15 is 0 Å². The molecule has 1 aliphatic carbocycles. The summed E-state index contributed by atoms with van der Waals surface area (Å²) in [6, 6.07) is 0.300. The van der Waals surface area contributed by atoms with Gasteiger partial charge in [0.15, 0.2) is 0 Å². The Hall–Kier alpha value is -1.51. The second kappa shape index (κ2) is 13.7. The zero-order valence-electron chi connectivity index (χ0n) is 17.4. The largest absolute Gasteiger partial charge is 0.445 e. The molecule has 0 heterocycles. The molecule has 3 nitrogen and oxygen atoms in total. The van der Waals surface area contributed by atoms with Crippen LogP contribution >= 0.6 is 0 Å². The van der Waals surface area contributed by atoms with Gasteiger partial charge in [-0.1, -0.05) is 54.6 Å². The Balaban J connectivity index is 2.18. The van der Waals surface area contributed by atoms with Crippen LogP contribution in [0.2, 0.25) is 0 Å². The van der Waals surface area contributed by atoms with Gasteiger partial charge in [0.2, 0.25) is 0 Å². The van der Waals surface area contributed by atoms with Crippen LogP contribution in [0.4, 0.5) is 4.79 Å². The molecular weight excluding hydrogens is 322 g/mol. The summed E-state index contributed by atoms with van der Waals surface area (Å²) < 4.78 is 5.31. The molecule has 0 spiro atoms. The van der Waals surface area contributed by atoms with Gasteiger partial charge in [-0.2, -0.15) is 0 Å². The van der Waals surface area contributed by atoms with Crippen molar-refractivity contribution >= 4 is 6.09 Å². The highest BCUT2D eigenvalue weighted by Crippen LogP contribution is 2.17. The van der Waals surface area contributed by atoms with Crippen LogP contribution in [0.15, 0.2) is 34.9 Å². The van der Waals surface area contributed by atoms with E-state index in [-0.39, 0.29) is 6.09 Å². The number of hydrogen-bond donors (Lipinski definition) is 1. The summed E-state index contributed by atoms with van der Waals surface area (Å²) in [6.07, 6.45) is 17.9. The molecule has 0 aliphatic heterocycles. The first-order chi connectivity index (χ1) is 12.5. The van der Waals surface area contributed by atoms with Crippen molar-refractivity contribution in [2.24, 2.45) is 0 Å². The van der Waals surface area contributed by atoms with E-state index < -0.39 is 0 Å². The van der Waals surface area contributed by atoms with Gasteiger partial charge in [-0.05, 0) is 72.3 Å². The van der Waals surface area contributed by atoms with Gasteiger partial charge in [0.1, 0.15) is 6.61 Å². The van der Waals surface area contributed by atoms with Crippen LogP contribution in [0.3, 0.4) is 0 Å². The van der Waals surface area contributed by atoms with Gasteiger partial charge < -0.3 is 10.1 Å². The number of hydrogen-bond acceptors (Lipinski definition) is 2. The predicted octanol–water partition coefficient (Wildman–Crippen LogP) is 6.85. The molecule has 26 heavy (non-hydrogen) atoms. The van der Waals surface area contributed by atoms with Gasteiger partial charge in [0.25, 0.3) is 0 Å². The lowest BCUT2D eigenvalue weighted by molar-refractivity contribution is 0.152. The summed E-state index contributed by atoms with van der Waals surface area (Å²) in [5.74, 6) is 0. The highest BCUT2D eigenvalue weighted by atomic mass is 16.5.